The van der Waals surface area contributed by atoms with E-state index < -0.39 is 17.9 Å². The van der Waals surface area contributed by atoms with E-state index in [4.69, 9.17) is 4.74 Å². The average molecular weight is 441 g/mol. The average Bonchev–Trinajstić information content (AvgIpc) is 3.10. The Morgan fingerprint density at radius 3 is 2.52 bits per heavy atom. The molecule has 0 radical (unpaired) electrons. The number of carbonyl (C=O) groups excluding carboxylic acids is 1. The molecule has 0 fully saturated rings. The molecule has 0 aliphatic carbocycles. The van der Waals surface area contributed by atoms with Crippen molar-refractivity contribution in [2.45, 2.75) is 12.5 Å². The number of aromatic carboxylic acids is 1. The van der Waals surface area contributed by atoms with Gasteiger partial charge in [-0.25, -0.2) is 4.79 Å². The van der Waals surface area contributed by atoms with Crippen molar-refractivity contribution >= 4 is 23.6 Å². The summed E-state index contributed by atoms with van der Waals surface area (Å²) in [7, 11) is 1.56. The summed E-state index contributed by atoms with van der Waals surface area (Å²) in [6.07, 6.45) is 4.17. The molecule has 1 atom stereocenters. The number of carbonyl (C=O) groups is 2. The molecule has 4 rings (SSSR count). The monoisotopic (exact) mass is 441 g/mol. The van der Waals surface area contributed by atoms with Crippen molar-refractivity contribution in [3.05, 3.63) is 113 Å². The molecular weight excluding hydrogens is 418 g/mol. The zero-order valence-electron chi connectivity index (χ0n) is 18.0. The minimum absolute atomic E-state index is 0.0570. The second-order valence-electron chi connectivity index (χ2n) is 7.60. The maximum atomic E-state index is 13.2. The third-order valence-corrected chi connectivity index (χ3v) is 5.54. The van der Waals surface area contributed by atoms with Gasteiger partial charge in [0, 0.05) is 11.3 Å². The Morgan fingerprint density at radius 1 is 1.03 bits per heavy atom. The molecular formula is C27H23NO5. The van der Waals surface area contributed by atoms with Gasteiger partial charge in [-0.05, 0) is 47.9 Å². The van der Waals surface area contributed by atoms with Crippen LogP contribution in [-0.4, -0.2) is 29.2 Å². The van der Waals surface area contributed by atoms with Gasteiger partial charge in [0.05, 0.1) is 18.7 Å². The molecule has 0 bridgehead atoms. The third kappa shape index (κ3) is 4.50. The molecule has 1 amide bonds. The van der Waals surface area contributed by atoms with Gasteiger partial charge in [-0.3, -0.25) is 9.69 Å². The molecule has 6 nitrogen and oxygen atoms in total. The standard InChI is InChI=1S/C27H23NO5/c1-33-22-14-7-11-19(17-22)24-23(15-5-10-18-8-3-2-4-9-18)25(29)26(30)28(24)21-13-6-12-20(16-21)27(31)32/h2-14,16-17,24,29H,15H2,1H3,(H,31,32)/b10-5+. The number of amides is 1. The normalized spacial score (nSPS) is 16.0. The minimum Gasteiger partial charge on any atom is -0.503 e. The van der Waals surface area contributed by atoms with Gasteiger partial charge in [0.1, 0.15) is 5.75 Å². The number of rotatable bonds is 7. The molecule has 1 aliphatic rings. The molecule has 1 unspecified atom stereocenters. The molecule has 0 saturated heterocycles. The number of carboxylic acids is 1. The van der Waals surface area contributed by atoms with Crippen LogP contribution in [0.2, 0.25) is 0 Å². The summed E-state index contributed by atoms with van der Waals surface area (Å²) in [5, 5.41) is 20.2. The van der Waals surface area contributed by atoms with Crippen LogP contribution in [0.3, 0.4) is 0 Å². The van der Waals surface area contributed by atoms with Gasteiger partial charge in [0.15, 0.2) is 5.76 Å². The molecule has 1 heterocycles. The number of hydrogen-bond acceptors (Lipinski definition) is 4. The molecule has 33 heavy (non-hydrogen) atoms. The maximum absolute atomic E-state index is 13.2. The van der Waals surface area contributed by atoms with E-state index in [1.807, 2.05) is 60.7 Å². The molecule has 6 heteroatoms. The van der Waals surface area contributed by atoms with Crippen LogP contribution >= 0.6 is 0 Å². The number of allylic oxidation sites excluding steroid dienone is 1. The van der Waals surface area contributed by atoms with E-state index in [2.05, 4.69) is 0 Å². The lowest BCUT2D eigenvalue weighted by Crippen LogP contribution is -2.30. The van der Waals surface area contributed by atoms with Crippen LogP contribution in [0.4, 0.5) is 5.69 Å². The zero-order chi connectivity index (χ0) is 23.4. The number of hydrogen-bond donors (Lipinski definition) is 2. The molecule has 2 N–H and O–H groups in total. The van der Waals surface area contributed by atoms with Crippen molar-refractivity contribution in [1.29, 1.82) is 0 Å². The van der Waals surface area contributed by atoms with Gasteiger partial charge in [0.2, 0.25) is 0 Å². The summed E-state index contributed by atoms with van der Waals surface area (Å²) >= 11 is 0. The smallest absolute Gasteiger partial charge is 0.335 e. The maximum Gasteiger partial charge on any atom is 0.335 e. The highest BCUT2D eigenvalue weighted by molar-refractivity contribution is 6.09. The summed E-state index contributed by atoms with van der Waals surface area (Å²) in [5.74, 6) is -1.39. The molecule has 3 aromatic rings. The Bertz CT molecular complexity index is 1250. The predicted octanol–water partition coefficient (Wildman–Crippen LogP) is 5.40. The first kappa shape index (κ1) is 21.9. The summed E-state index contributed by atoms with van der Waals surface area (Å²) in [5.41, 5.74) is 2.73. The van der Waals surface area contributed by atoms with E-state index >= 15 is 0 Å². The molecule has 0 spiro atoms. The van der Waals surface area contributed by atoms with Gasteiger partial charge in [-0.2, -0.15) is 0 Å². The van der Waals surface area contributed by atoms with Crippen molar-refractivity contribution in [2.75, 3.05) is 12.0 Å². The first-order valence-corrected chi connectivity index (χ1v) is 10.4. The summed E-state index contributed by atoms with van der Waals surface area (Å²) in [6.45, 7) is 0. The van der Waals surface area contributed by atoms with Crippen LogP contribution in [0.1, 0.15) is 33.9 Å². The first-order chi connectivity index (χ1) is 16.0. The van der Waals surface area contributed by atoms with Crippen LogP contribution in [0.5, 0.6) is 5.75 Å². The van der Waals surface area contributed by atoms with Crippen molar-refractivity contribution in [3.63, 3.8) is 0 Å². The van der Waals surface area contributed by atoms with Gasteiger partial charge >= 0.3 is 5.97 Å². The highest BCUT2D eigenvalue weighted by Crippen LogP contribution is 2.43. The number of nitrogens with zero attached hydrogens (tertiary/aromatic N) is 1. The number of aliphatic hydroxyl groups is 1. The number of carboxylic acid groups (broad SMARTS) is 1. The summed E-state index contributed by atoms with van der Waals surface area (Å²) < 4.78 is 5.36. The van der Waals surface area contributed by atoms with Gasteiger partial charge < -0.3 is 14.9 Å². The second-order valence-corrected chi connectivity index (χ2v) is 7.60. The van der Waals surface area contributed by atoms with Crippen LogP contribution in [0.25, 0.3) is 6.08 Å². The van der Waals surface area contributed by atoms with Gasteiger partial charge in [0.25, 0.3) is 5.91 Å². The Labute approximate surface area is 191 Å². The highest BCUT2D eigenvalue weighted by Gasteiger charge is 2.41. The highest BCUT2D eigenvalue weighted by atomic mass is 16.5. The Morgan fingerprint density at radius 2 is 1.79 bits per heavy atom. The van der Waals surface area contributed by atoms with E-state index in [1.54, 1.807) is 25.3 Å². The number of anilines is 1. The number of aliphatic hydroxyl groups excluding tert-OH is 1. The topological polar surface area (TPSA) is 87.1 Å². The lowest BCUT2D eigenvalue weighted by atomic mass is 9.96. The quantitative estimate of drug-likeness (QED) is 0.513. The Hall–Kier alpha value is -4.32. The van der Waals surface area contributed by atoms with Crippen molar-refractivity contribution < 1.29 is 24.5 Å². The fraction of sp³-hybridized carbons (Fsp3) is 0.111. The predicted molar refractivity (Wildman–Crippen MR) is 126 cm³/mol. The molecule has 166 valence electrons. The molecule has 0 aromatic heterocycles. The minimum atomic E-state index is -1.09. The molecule has 0 saturated carbocycles. The second kappa shape index (κ2) is 9.44. The van der Waals surface area contributed by atoms with E-state index in [0.717, 1.165) is 11.1 Å². The number of ether oxygens (including phenoxy) is 1. The lowest BCUT2D eigenvalue weighted by Gasteiger charge is -2.27. The van der Waals surface area contributed by atoms with Gasteiger partial charge in [-0.1, -0.05) is 60.7 Å². The van der Waals surface area contributed by atoms with Crippen LogP contribution < -0.4 is 9.64 Å². The van der Waals surface area contributed by atoms with Crippen LogP contribution in [-0.2, 0) is 4.79 Å². The van der Waals surface area contributed by atoms with E-state index in [0.29, 0.717) is 23.4 Å². The van der Waals surface area contributed by atoms with Crippen molar-refractivity contribution in [2.24, 2.45) is 0 Å². The third-order valence-electron chi connectivity index (χ3n) is 5.54. The Kier molecular flexibility index (Phi) is 6.26. The summed E-state index contributed by atoms with van der Waals surface area (Å²) in [4.78, 5) is 26.1. The first-order valence-electron chi connectivity index (χ1n) is 10.4. The fourth-order valence-electron chi connectivity index (χ4n) is 3.97. The van der Waals surface area contributed by atoms with E-state index in [9.17, 15) is 19.8 Å². The summed E-state index contributed by atoms with van der Waals surface area (Å²) in [6, 6.07) is 22.5. The number of benzene rings is 3. The van der Waals surface area contributed by atoms with Crippen LogP contribution in [0, 0.1) is 0 Å². The Balaban J connectivity index is 1.77. The lowest BCUT2D eigenvalue weighted by molar-refractivity contribution is -0.117. The van der Waals surface area contributed by atoms with Crippen LogP contribution in [0.15, 0.2) is 96.3 Å². The largest absolute Gasteiger partial charge is 0.503 e. The zero-order valence-corrected chi connectivity index (χ0v) is 18.0. The fourth-order valence-corrected chi connectivity index (χ4v) is 3.97. The van der Waals surface area contributed by atoms with Gasteiger partial charge in [-0.15, -0.1) is 0 Å². The SMILES string of the molecule is COc1cccc(C2C(C/C=C/c3ccccc3)=C(O)C(=O)N2c2cccc(C(=O)O)c2)c1. The van der Waals surface area contributed by atoms with Crippen molar-refractivity contribution in [1.82, 2.24) is 0 Å². The molecule has 1 aliphatic heterocycles. The van der Waals surface area contributed by atoms with Crippen molar-refractivity contribution in [3.8, 4) is 5.75 Å². The molecule has 3 aromatic carbocycles. The van der Waals surface area contributed by atoms with E-state index in [-0.39, 0.29) is 11.3 Å². The van der Waals surface area contributed by atoms with E-state index in [1.165, 1.54) is 17.0 Å². The number of methoxy groups -OCH3 is 1.